The average molecular weight is 423 g/mol. The van der Waals surface area contributed by atoms with Crippen molar-refractivity contribution >= 4 is 44.3 Å². The fraction of sp³-hybridized carbons (Fsp3) is 0.167. The number of rotatable bonds is 7. The minimum Gasteiger partial charge on any atom is -0.383 e. The average Bonchev–Trinajstić information content (AvgIpc) is 3.31. The van der Waals surface area contributed by atoms with Crippen molar-refractivity contribution in [2.75, 3.05) is 5.32 Å². The summed E-state index contributed by atoms with van der Waals surface area (Å²) in [6.45, 7) is 1.52. The first-order valence-corrected chi connectivity index (χ1v) is 11.3. The van der Waals surface area contributed by atoms with Gasteiger partial charge >= 0.3 is 0 Å². The quantitative estimate of drug-likeness (QED) is 0.544. The zero-order valence-corrected chi connectivity index (χ0v) is 16.8. The molecule has 0 saturated heterocycles. The molecule has 2 heterocycles. The molecule has 0 aliphatic carbocycles. The first-order chi connectivity index (χ1) is 12.8. The lowest BCUT2D eigenvalue weighted by Crippen LogP contribution is -2.22. The molecule has 0 aliphatic rings. The number of benzene rings is 1. The SMILES string of the molecule is CC(=O)Nc1ccc(S(=O)(=O)NCc2ccc(C(O)c3ccsc3)s2)cc1. The zero-order valence-electron chi connectivity index (χ0n) is 14.4. The second kappa shape index (κ2) is 8.32. The smallest absolute Gasteiger partial charge is 0.240 e. The van der Waals surface area contributed by atoms with Crippen molar-refractivity contribution in [1.82, 2.24) is 4.72 Å². The topological polar surface area (TPSA) is 95.5 Å². The number of aliphatic hydroxyl groups excluding tert-OH is 1. The van der Waals surface area contributed by atoms with Crippen LogP contribution in [0.2, 0.25) is 0 Å². The maximum Gasteiger partial charge on any atom is 0.240 e. The van der Waals surface area contributed by atoms with Gasteiger partial charge in [0.25, 0.3) is 0 Å². The summed E-state index contributed by atoms with van der Waals surface area (Å²) in [4.78, 5) is 12.7. The van der Waals surface area contributed by atoms with Gasteiger partial charge in [-0.05, 0) is 58.8 Å². The molecule has 0 spiro atoms. The van der Waals surface area contributed by atoms with Crippen LogP contribution in [0.15, 0.2) is 58.1 Å². The Balaban J connectivity index is 1.64. The highest BCUT2D eigenvalue weighted by molar-refractivity contribution is 7.89. The Morgan fingerprint density at radius 2 is 1.89 bits per heavy atom. The molecule has 0 aliphatic heterocycles. The molecule has 3 N–H and O–H groups in total. The highest BCUT2D eigenvalue weighted by Gasteiger charge is 2.16. The van der Waals surface area contributed by atoms with Crippen LogP contribution in [0.4, 0.5) is 5.69 Å². The van der Waals surface area contributed by atoms with Gasteiger partial charge in [-0.3, -0.25) is 4.79 Å². The molecule has 0 saturated carbocycles. The molecule has 1 atom stereocenters. The summed E-state index contributed by atoms with van der Waals surface area (Å²) in [5.41, 5.74) is 1.36. The van der Waals surface area contributed by atoms with Crippen molar-refractivity contribution in [2.45, 2.75) is 24.5 Å². The maximum atomic E-state index is 12.4. The van der Waals surface area contributed by atoms with Crippen molar-refractivity contribution in [3.8, 4) is 0 Å². The van der Waals surface area contributed by atoms with E-state index in [0.717, 1.165) is 15.3 Å². The van der Waals surface area contributed by atoms with E-state index in [2.05, 4.69) is 10.0 Å². The van der Waals surface area contributed by atoms with Crippen molar-refractivity contribution in [3.63, 3.8) is 0 Å². The van der Waals surface area contributed by atoms with E-state index in [0.29, 0.717) is 5.69 Å². The fourth-order valence-corrected chi connectivity index (χ4v) is 5.15. The van der Waals surface area contributed by atoms with Crippen molar-refractivity contribution < 1.29 is 18.3 Å². The molecule has 0 bridgehead atoms. The van der Waals surface area contributed by atoms with E-state index in [1.807, 2.05) is 16.8 Å². The van der Waals surface area contributed by atoms with Gasteiger partial charge in [0.05, 0.1) is 4.90 Å². The Bertz CT molecular complexity index is 1010. The van der Waals surface area contributed by atoms with Gasteiger partial charge < -0.3 is 10.4 Å². The van der Waals surface area contributed by atoms with E-state index in [1.54, 1.807) is 12.1 Å². The van der Waals surface area contributed by atoms with Crippen molar-refractivity contribution in [2.24, 2.45) is 0 Å². The minimum absolute atomic E-state index is 0.117. The van der Waals surface area contributed by atoms with Gasteiger partial charge in [0.2, 0.25) is 15.9 Å². The molecule has 6 nitrogen and oxygen atoms in total. The number of sulfonamides is 1. The van der Waals surface area contributed by atoms with E-state index < -0.39 is 16.1 Å². The van der Waals surface area contributed by atoms with Crippen LogP contribution in [0.5, 0.6) is 0 Å². The lowest BCUT2D eigenvalue weighted by atomic mass is 10.2. The molecule has 0 fully saturated rings. The molecule has 1 unspecified atom stereocenters. The van der Waals surface area contributed by atoms with Gasteiger partial charge in [0.15, 0.2) is 0 Å². The predicted octanol–water partition coefficient (Wildman–Crippen LogP) is 3.33. The Hall–Kier alpha value is -2.04. The van der Waals surface area contributed by atoms with E-state index in [-0.39, 0.29) is 17.3 Å². The van der Waals surface area contributed by atoms with Gasteiger partial charge in [0.1, 0.15) is 6.10 Å². The number of hydrogen-bond donors (Lipinski definition) is 3. The number of thiophene rings is 2. The Morgan fingerprint density at radius 1 is 1.15 bits per heavy atom. The maximum absolute atomic E-state index is 12.4. The zero-order chi connectivity index (χ0) is 19.4. The second-order valence-corrected chi connectivity index (χ2v) is 9.54. The molecule has 9 heteroatoms. The molecule has 3 aromatic rings. The van der Waals surface area contributed by atoms with Crippen LogP contribution in [0.25, 0.3) is 0 Å². The minimum atomic E-state index is -3.67. The molecular formula is C18H18N2O4S3. The summed E-state index contributed by atoms with van der Waals surface area (Å²) in [7, 11) is -3.67. The Kier molecular flexibility index (Phi) is 6.08. The summed E-state index contributed by atoms with van der Waals surface area (Å²) in [6, 6.07) is 11.4. The molecule has 142 valence electrons. The van der Waals surface area contributed by atoms with Crippen LogP contribution in [-0.4, -0.2) is 19.4 Å². The van der Waals surface area contributed by atoms with E-state index in [9.17, 15) is 18.3 Å². The molecule has 1 aromatic carbocycles. The summed E-state index contributed by atoms with van der Waals surface area (Å²) < 4.78 is 27.4. The fourth-order valence-electron chi connectivity index (χ4n) is 2.40. The molecule has 1 amide bonds. The largest absolute Gasteiger partial charge is 0.383 e. The van der Waals surface area contributed by atoms with Crippen LogP contribution in [0, 0.1) is 0 Å². The Morgan fingerprint density at radius 3 is 2.52 bits per heavy atom. The van der Waals surface area contributed by atoms with Gasteiger partial charge in [-0.25, -0.2) is 13.1 Å². The molecule has 2 aromatic heterocycles. The summed E-state index contributed by atoms with van der Waals surface area (Å²) in [6.07, 6.45) is -0.701. The van der Waals surface area contributed by atoms with Crippen LogP contribution in [0.3, 0.4) is 0 Å². The lowest BCUT2D eigenvalue weighted by molar-refractivity contribution is -0.114. The number of nitrogens with one attached hydrogen (secondary N) is 2. The monoisotopic (exact) mass is 422 g/mol. The summed E-state index contributed by atoms with van der Waals surface area (Å²) >= 11 is 2.88. The van der Waals surface area contributed by atoms with Crippen LogP contribution >= 0.6 is 22.7 Å². The molecule has 3 rings (SSSR count). The van der Waals surface area contributed by atoms with Crippen molar-refractivity contribution in [3.05, 3.63) is 68.5 Å². The van der Waals surface area contributed by atoms with Gasteiger partial charge in [-0.2, -0.15) is 11.3 Å². The number of carbonyl (C=O) groups is 1. The first-order valence-electron chi connectivity index (χ1n) is 8.01. The third kappa shape index (κ3) is 5.02. The Labute approximate surface area is 165 Å². The number of carbonyl (C=O) groups excluding carboxylic acids is 1. The number of amides is 1. The van der Waals surface area contributed by atoms with E-state index in [1.165, 1.54) is 53.9 Å². The predicted molar refractivity (Wildman–Crippen MR) is 107 cm³/mol. The third-order valence-electron chi connectivity index (χ3n) is 3.73. The van der Waals surface area contributed by atoms with Crippen LogP contribution in [0.1, 0.15) is 28.3 Å². The van der Waals surface area contributed by atoms with E-state index in [4.69, 9.17) is 0 Å². The number of hydrogen-bond acceptors (Lipinski definition) is 6. The van der Waals surface area contributed by atoms with Gasteiger partial charge in [-0.1, -0.05) is 0 Å². The highest BCUT2D eigenvalue weighted by Crippen LogP contribution is 2.29. The van der Waals surface area contributed by atoms with Gasteiger partial charge in [0, 0.05) is 28.9 Å². The molecule has 27 heavy (non-hydrogen) atoms. The number of anilines is 1. The standard InChI is InChI=1S/C18H18N2O4S3/c1-12(21)20-14-2-5-16(6-3-14)27(23,24)19-10-15-4-7-17(26-15)18(22)13-8-9-25-11-13/h2-9,11,18-19,22H,10H2,1H3,(H,20,21). The van der Waals surface area contributed by atoms with E-state index >= 15 is 0 Å². The normalized spacial score (nSPS) is 12.7. The summed E-state index contributed by atoms with van der Waals surface area (Å²) in [5, 5.41) is 16.7. The van der Waals surface area contributed by atoms with Crippen LogP contribution in [-0.2, 0) is 21.4 Å². The molecule has 0 radical (unpaired) electrons. The third-order valence-corrected chi connectivity index (χ3v) is 6.99. The summed E-state index contributed by atoms with van der Waals surface area (Å²) in [5.74, 6) is -0.220. The lowest BCUT2D eigenvalue weighted by Gasteiger charge is -2.08. The van der Waals surface area contributed by atoms with Gasteiger partial charge in [-0.15, -0.1) is 11.3 Å². The highest BCUT2D eigenvalue weighted by atomic mass is 32.2. The molecular weight excluding hydrogens is 404 g/mol. The first kappa shape index (κ1) is 19.7. The number of aliphatic hydroxyl groups is 1. The van der Waals surface area contributed by atoms with Crippen molar-refractivity contribution in [1.29, 1.82) is 0 Å². The second-order valence-electron chi connectivity index (χ2n) is 5.79. The van der Waals surface area contributed by atoms with Crippen LogP contribution < -0.4 is 10.0 Å².